The first-order valence-electron chi connectivity index (χ1n) is 9.31. The van der Waals surface area contributed by atoms with Gasteiger partial charge in [0, 0.05) is 50.0 Å². The highest BCUT2D eigenvalue weighted by Crippen LogP contribution is 2.31. The van der Waals surface area contributed by atoms with Crippen molar-refractivity contribution in [2.24, 2.45) is 0 Å². The topological polar surface area (TPSA) is 75.5 Å². The first-order valence-corrected chi connectivity index (χ1v) is 9.31. The summed E-state index contributed by atoms with van der Waals surface area (Å²) < 4.78 is 2.25. The number of imidazole rings is 1. The number of nitrogens with zero attached hydrogens (tertiary/aromatic N) is 6. The minimum atomic E-state index is 0.384. The Hall–Kier alpha value is -3.22. The van der Waals surface area contributed by atoms with E-state index in [0.717, 1.165) is 55.2 Å². The Kier molecular flexibility index (Phi) is 4.04. The summed E-state index contributed by atoms with van der Waals surface area (Å²) in [5.41, 5.74) is 2.08. The molecule has 0 saturated carbocycles. The maximum Gasteiger partial charge on any atom is 0.142 e. The minimum absolute atomic E-state index is 0.384. The van der Waals surface area contributed by atoms with E-state index >= 15 is 0 Å². The van der Waals surface area contributed by atoms with Crippen molar-refractivity contribution in [1.82, 2.24) is 29.5 Å². The second-order valence-electron chi connectivity index (χ2n) is 7.00. The largest absolute Gasteiger partial charge is 0.355 e. The van der Waals surface area contributed by atoms with Gasteiger partial charge in [0.2, 0.25) is 0 Å². The maximum absolute atomic E-state index is 4.69. The molecule has 0 bridgehead atoms. The number of aromatic nitrogens is 6. The third kappa shape index (κ3) is 3.05. The van der Waals surface area contributed by atoms with E-state index in [1.54, 1.807) is 12.5 Å². The number of rotatable bonds is 4. The number of H-pyrrole nitrogens is 1. The fraction of sp³-hybridized carbons (Fsp3) is 0.300. The smallest absolute Gasteiger partial charge is 0.142 e. The average molecular weight is 359 g/mol. The zero-order valence-electron chi connectivity index (χ0n) is 15.0. The van der Waals surface area contributed by atoms with Crippen LogP contribution in [0.3, 0.4) is 0 Å². The molecule has 1 aliphatic heterocycles. The van der Waals surface area contributed by atoms with Crippen LogP contribution in [0, 0.1) is 0 Å². The molecule has 0 amide bonds. The van der Waals surface area contributed by atoms with Crippen molar-refractivity contribution in [3.05, 3.63) is 66.9 Å². The molecule has 1 unspecified atom stereocenters. The number of piperidine rings is 1. The standard InChI is InChI=1S/C20H21N7/c1-3-15(11-21-6-1)12-27-10-8-23-19(27)16-4-2-9-26(13-16)20-17-5-7-22-18(17)24-14-25-20/h1,3,5-8,10-11,14,16H,2,4,9,12-13H2,(H,22,24,25). The average Bonchev–Trinajstić information content (AvgIpc) is 3.38. The normalized spacial score (nSPS) is 17.5. The molecule has 136 valence electrons. The van der Waals surface area contributed by atoms with E-state index in [-0.39, 0.29) is 0 Å². The Balaban J connectivity index is 1.41. The molecule has 1 aliphatic rings. The summed E-state index contributed by atoms with van der Waals surface area (Å²) >= 11 is 0. The van der Waals surface area contributed by atoms with Crippen molar-refractivity contribution in [1.29, 1.82) is 0 Å². The second kappa shape index (κ2) is 6.83. The molecule has 0 spiro atoms. The molecule has 1 saturated heterocycles. The summed E-state index contributed by atoms with van der Waals surface area (Å²) in [6.45, 7) is 2.73. The Bertz CT molecular complexity index is 1040. The van der Waals surface area contributed by atoms with E-state index in [1.807, 2.05) is 24.7 Å². The van der Waals surface area contributed by atoms with Crippen LogP contribution in [-0.2, 0) is 6.54 Å². The van der Waals surface area contributed by atoms with Crippen molar-refractivity contribution in [2.45, 2.75) is 25.3 Å². The summed E-state index contributed by atoms with van der Waals surface area (Å²) in [7, 11) is 0. The lowest BCUT2D eigenvalue weighted by atomic mass is 9.97. The molecule has 7 heteroatoms. The summed E-state index contributed by atoms with van der Waals surface area (Å²) in [5, 5.41) is 1.08. The molecular weight excluding hydrogens is 338 g/mol. The molecule has 4 aromatic heterocycles. The van der Waals surface area contributed by atoms with Crippen molar-refractivity contribution in [3.8, 4) is 0 Å². The second-order valence-corrected chi connectivity index (χ2v) is 7.00. The predicted octanol–water partition coefficient (Wildman–Crippen LogP) is 2.98. The zero-order chi connectivity index (χ0) is 18.1. The Morgan fingerprint density at radius 2 is 2.15 bits per heavy atom. The first-order chi connectivity index (χ1) is 13.4. The quantitative estimate of drug-likeness (QED) is 0.606. The summed E-state index contributed by atoms with van der Waals surface area (Å²) in [4.78, 5) is 23.3. The van der Waals surface area contributed by atoms with E-state index < -0.39 is 0 Å². The van der Waals surface area contributed by atoms with Crippen molar-refractivity contribution in [3.63, 3.8) is 0 Å². The highest BCUT2D eigenvalue weighted by molar-refractivity contribution is 5.87. The van der Waals surface area contributed by atoms with E-state index in [4.69, 9.17) is 4.98 Å². The van der Waals surface area contributed by atoms with Crippen LogP contribution in [0.2, 0.25) is 0 Å². The van der Waals surface area contributed by atoms with E-state index in [0.29, 0.717) is 5.92 Å². The van der Waals surface area contributed by atoms with Gasteiger partial charge in [-0.2, -0.15) is 0 Å². The van der Waals surface area contributed by atoms with Crippen LogP contribution in [0.4, 0.5) is 5.82 Å². The van der Waals surface area contributed by atoms with Crippen LogP contribution in [0.1, 0.15) is 30.1 Å². The van der Waals surface area contributed by atoms with Crippen molar-refractivity contribution < 1.29 is 0 Å². The molecule has 5 rings (SSSR count). The van der Waals surface area contributed by atoms with Gasteiger partial charge in [0.15, 0.2) is 0 Å². The third-order valence-corrected chi connectivity index (χ3v) is 5.24. The van der Waals surface area contributed by atoms with Gasteiger partial charge >= 0.3 is 0 Å². The van der Waals surface area contributed by atoms with Gasteiger partial charge in [0.05, 0.1) is 11.9 Å². The van der Waals surface area contributed by atoms with Gasteiger partial charge in [0.25, 0.3) is 0 Å². The number of fused-ring (bicyclic) bond motifs is 1. The molecule has 4 aromatic rings. The molecule has 0 radical (unpaired) electrons. The predicted molar refractivity (Wildman–Crippen MR) is 104 cm³/mol. The molecule has 1 fully saturated rings. The Morgan fingerprint density at radius 1 is 1.15 bits per heavy atom. The van der Waals surface area contributed by atoms with Gasteiger partial charge in [-0.05, 0) is 30.5 Å². The third-order valence-electron chi connectivity index (χ3n) is 5.24. The Labute approximate surface area is 157 Å². The van der Waals surface area contributed by atoms with Crippen LogP contribution < -0.4 is 4.90 Å². The number of aromatic amines is 1. The molecular formula is C20H21N7. The van der Waals surface area contributed by atoms with Crippen LogP contribution in [-0.4, -0.2) is 42.6 Å². The van der Waals surface area contributed by atoms with E-state index in [2.05, 4.69) is 47.7 Å². The molecule has 27 heavy (non-hydrogen) atoms. The molecule has 0 aromatic carbocycles. The molecule has 5 heterocycles. The number of hydrogen-bond acceptors (Lipinski definition) is 5. The van der Waals surface area contributed by atoms with Gasteiger partial charge in [-0.15, -0.1) is 0 Å². The van der Waals surface area contributed by atoms with Crippen molar-refractivity contribution >= 4 is 16.9 Å². The summed E-state index contributed by atoms with van der Waals surface area (Å²) in [5.74, 6) is 2.54. The number of pyridine rings is 1. The number of anilines is 1. The SMILES string of the molecule is c1cncc(Cn2ccnc2C2CCCN(c3ncnc4[nH]ccc34)C2)c1. The molecule has 0 aliphatic carbocycles. The van der Waals surface area contributed by atoms with Crippen LogP contribution in [0.15, 0.2) is 55.5 Å². The zero-order valence-corrected chi connectivity index (χ0v) is 15.0. The van der Waals surface area contributed by atoms with Gasteiger partial charge in [-0.3, -0.25) is 4.98 Å². The fourth-order valence-corrected chi connectivity index (χ4v) is 3.99. The monoisotopic (exact) mass is 359 g/mol. The van der Waals surface area contributed by atoms with Gasteiger partial charge < -0.3 is 14.5 Å². The maximum atomic E-state index is 4.69. The number of nitrogens with one attached hydrogen (secondary N) is 1. The highest BCUT2D eigenvalue weighted by Gasteiger charge is 2.26. The van der Waals surface area contributed by atoms with Gasteiger partial charge in [-0.1, -0.05) is 6.07 Å². The highest BCUT2D eigenvalue weighted by atomic mass is 15.2. The van der Waals surface area contributed by atoms with E-state index in [9.17, 15) is 0 Å². The lowest BCUT2D eigenvalue weighted by Crippen LogP contribution is -2.36. The summed E-state index contributed by atoms with van der Waals surface area (Å²) in [6.07, 6.45) is 13.5. The minimum Gasteiger partial charge on any atom is -0.355 e. The van der Waals surface area contributed by atoms with Crippen LogP contribution in [0.5, 0.6) is 0 Å². The molecule has 1 N–H and O–H groups in total. The van der Waals surface area contributed by atoms with Crippen LogP contribution >= 0.6 is 0 Å². The lowest BCUT2D eigenvalue weighted by Gasteiger charge is -2.33. The van der Waals surface area contributed by atoms with Crippen molar-refractivity contribution in [2.75, 3.05) is 18.0 Å². The first kappa shape index (κ1) is 16.0. The van der Waals surface area contributed by atoms with Crippen LogP contribution in [0.25, 0.3) is 11.0 Å². The van der Waals surface area contributed by atoms with E-state index in [1.165, 1.54) is 5.56 Å². The molecule has 1 atom stereocenters. The van der Waals surface area contributed by atoms with Gasteiger partial charge in [-0.25, -0.2) is 15.0 Å². The number of hydrogen-bond donors (Lipinski definition) is 1. The molecule has 7 nitrogen and oxygen atoms in total. The van der Waals surface area contributed by atoms with Gasteiger partial charge in [0.1, 0.15) is 23.6 Å². The summed E-state index contributed by atoms with van der Waals surface area (Å²) in [6, 6.07) is 6.14. The fourth-order valence-electron chi connectivity index (χ4n) is 3.99. The lowest BCUT2D eigenvalue weighted by molar-refractivity contribution is 0.474. The Morgan fingerprint density at radius 3 is 3.07 bits per heavy atom.